The zero-order valence-corrected chi connectivity index (χ0v) is 15.3. The Morgan fingerprint density at radius 2 is 1.41 bits per heavy atom. The summed E-state index contributed by atoms with van der Waals surface area (Å²) in [5.74, 6) is -1.33. The molecule has 140 valence electrons. The Morgan fingerprint density at radius 1 is 0.889 bits per heavy atom. The molecule has 0 saturated heterocycles. The smallest absolute Gasteiger partial charge is 0.313 e. The number of aliphatic carboxylic acids is 1. The Balaban J connectivity index is 1.64. The van der Waals surface area contributed by atoms with E-state index in [2.05, 4.69) is 10.6 Å². The summed E-state index contributed by atoms with van der Waals surface area (Å²) >= 11 is 0. The van der Waals surface area contributed by atoms with Crippen LogP contribution in [0.4, 0.5) is 5.69 Å². The van der Waals surface area contributed by atoms with Crippen molar-refractivity contribution in [3.05, 3.63) is 65.2 Å². The molecule has 27 heavy (non-hydrogen) atoms. The van der Waals surface area contributed by atoms with Crippen LogP contribution >= 0.6 is 0 Å². The summed E-state index contributed by atoms with van der Waals surface area (Å²) in [6.07, 6.45) is 2.04. The lowest BCUT2D eigenvalue weighted by Gasteiger charge is -2.19. The largest absolute Gasteiger partial charge is 0.481 e. The van der Waals surface area contributed by atoms with Gasteiger partial charge in [0, 0.05) is 22.9 Å². The maximum atomic E-state index is 12.4. The minimum atomic E-state index is -1.00. The Bertz CT molecular complexity index is 866. The van der Waals surface area contributed by atoms with Gasteiger partial charge in [-0.1, -0.05) is 12.1 Å². The lowest BCUT2D eigenvalue weighted by Crippen LogP contribution is -2.28. The first-order valence-corrected chi connectivity index (χ1v) is 8.83. The molecule has 0 radical (unpaired) electrons. The van der Waals surface area contributed by atoms with E-state index in [1.165, 1.54) is 0 Å². The molecule has 0 aromatic heterocycles. The molecule has 0 unspecified atom stereocenters. The Morgan fingerprint density at radius 3 is 1.89 bits per heavy atom. The molecule has 1 aliphatic rings. The van der Waals surface area contributed by atoms with Gasteiger partial charge in [-0.15, -0.1) is 0 Å². The monoisotopic (exact) mass is 366 g/mol. The third-order valence-corrected chi connectivity index (χ3v) is 4.72. The van der Waals surface area contributed by atoms with E-state index < -0.39 is 11.4 Å². The highest BCUT2D eigenvalue weighted by Gasteiger charge is 2.29. The summed E-state index contributed by atoms with van der Waals surface area (Å²) < 4.78 is 0. The van der Waals surface area contributed by atoms with Gasteiger partial charge in [0.25, 0.3) is 11.8 Å². The molecular weight excluding hydrogens is 344 g/mol. The average molecular weight is 366 g/mol. The van der Waals surface area contributed by atoms with E-state index in [1.54, 1.807) is 62.4 Å². The Kier molecular flexibility index (Phi) is 4.99. The zero-order valence-electron chi connectivity index (χ0n) is 15.3. The number of hydrogen-bond acceptors (Lipinski definition) is 3. The van der Waals surface area contributed by atoms with Crippen LogP contribution in [0.5, 0.6) is 0 Å². The van der Waals surface area contributed by atoms with Crippen molar-refractivity contribution in [2.45, 2.75) is 38.1 Å². The lowest BCUT2D eigenvalue weighted by molar-refractivity contribution is -0.142. The van der Waals surface area contributed by atoms with Crippen molar-refractivity contribution in [2.75, 3.05) is 5.32 Å². The van der Waals surface area contributed by atoms with Gasteiger partial charge in [-0.3, -0.25) is 14.4 Å². The molecule has 0 atom stereocenters. The standard InChI is InChI=1S/C21H22N2O4/c1-21(2,20(26)27)15-7-9-16(10-8-15)22-18(24)13-3-5-14(6-4-13)19(25)23-17-11-12-17/h3-10,17H,11-12H2,1-2H3,(H,22,24)(H,23,25)(H,26,27). The van der Waals surface area contributed by atoms with Crippen LogP contribution in [0, 0.1) is 0 Å². The van der Waals surface area contributed by atoms with E-state index in [1.807, 2.05) is 0 Å². The van der Waals surface area contributed by atoms with E-state index in [4.69, 9.17) is 0 Å². The van der Waals surface area contributed by atoms with Gasteiger partial charge in [0.2, 0.25) is 0 Å². The van der Waals surface area contributed by atoms with Crippen molar-refractivity contribution in [3.8, 4) is 0 Å². The summed E-state index contributed by atoms with van der Waals surface area (Å²) in [5, 5.41) is 14.9. The normalized spacial score (nSPS) is 13.7. The number of rotatable bonds is 6. The number of carboxylic acid groups (broad SMARTS) is 1. The van der Waals surface area contributed by atoms with Crippen LogP contribution in [0.15, 0.2) is 48.5 Å². The molecule has 0 aliphatic heterocycles. The summed E-state index contributed by atoms with van der Waals surface area (Å²) in [6.45, 7) is 3.26. The van der Waals surface area contributed by atoms with Gasteiger partial charge in [-0.2, -0.15) is 0 Å². The number of nitrogens with one attached hydrogen (secondary N) is 2. The van der Waals surface area contributed by atoms with E-state index >= 15 is 0 Å². The molecule has 1 fully saturated rings. The molecule has 6 heteroatoms. The fourth-order valence-corrected chi connectivity index (χ4v) is 2.57. The van der Waals surface area contributed by atoms with Crippen LogP contribution in [-0.2, 0) is 10.2 Å². The second-order valence-corrected chi connectivity index (χ2v) is 7.29. The summed E-state index contributed by atoms with van der Waals surface area (Å²) in [4.78, 5) is 35.7. The van der Waals surface area contributed by atoms with Crippen molar-refractivity contribution in [3.63, 3.8) is 0 Å². The summed E-state index contributed by atoms with van der Waals surface area (Å²) in [6, 6.07) is 13.5. The highest BCUT2D eigenvalue weighted by atomic mass is 16.4. The Hall–Kier alpha value is -3.15. The molecule has 2 aromatic carbocycles. The molecule has 0 spiro atoms. The molecule has 1 aliphatic carbocycles. The van der Waals surface area contributed by atoms with Gasteiger partial charge in [0.1, 0.15) is 0 Å². The quantitative estimate of drug-likeness (QED) is 0.732. The van der Waals surface area contributed by atoms with Gasteiger partial charge in [0.05, 0.1) is 5.41 Å². The number of carbonyl (C=O) groups excluding carboxylic acids is 2. The number of carboxylic acids is 1. The van der Waals surface area contributed by atoms with Gasteiger partial charge < -0.3 is 15.7 Å². The molecule has 3 rings (SSSR count). The molecule has 0 bridgehead atoms. The van der Waals surface area contributed by atoms with Crippen LogP contribution < -0.4 is 10.6 Å². The first-order valence-electron chi connectivity index (χ1n) is 8.83. The average Bonchev–Trinajstić information content (AvgIpc) is 3.46. The highest BCUT2D eigenvalue weighted by molar-refractivity contribution is 6.05. The molecule has 2 aromatic rings. The summed E-state index contributed by atoms with van der Waals surface area (Å²) in [5.41, 5.74) is 1.19. The number of benzene rings is 2. The van der Waals surface area contributed by atoms with Gasteiger partial charge in [-0.05, 0) is 68.7 Å². The van der Waals surface area contributed by atoms with Crippen LogP contribution in [0.25, 0.3) is 0 Å². The van der Waals surface area contributed by atoms with E-state index in [0.717, 1.165) is 12.8 Å². The fraction of sp³-hybridized carbons (Fsp3) is 0.286. The minimum absolute atomic E-state index is 0.124. The molecule has 2 amide bonds. The first kappa shape index (κ1) is 18.6. The van der Waals surface area contributed by atoms with Crippen LogP contribution in [0.3, 0.4) is 0 Å². The van der Waals surface area contributed by atoms with E-state index in [0.29, 0.717) is 22.4 Å². The second kappa shape index (κ2) is 7.23. The zero-order chi connectivity index (χ0) is 19.6. The van der Waals surface area contributed by atoms with E-state index in [-0.39, 0.29) is 17.9 Å². The van der Waals surface area contributed by atoms with Gasteiger partial charge in [-0.25, -0.2) is 0 Å². The molecule has 6 nitrogen and oxygen atoms in total. The van der Waals surface area contributed by atoms with Crippen LogP contribution in [0.1, 0.15) is 53.0 Å². The molecular formula is C21H22N2O4. The fourth-order valence-electron chi connectivity index (χ4n) is 2.57. The maximum Gasteiger partial charge on any atom is 0.313 e. The van der Waals surface area contributed by atoms with Crippen molar-refractivity contribution in [1.29, 1.82) is 0 Å². The van der Waals surface area contributed by atoms with Gasteiger partial charge in [0.15, 0.2) is 0 Å². The topological polar surface area (TPSA) is 95.5 Å². The second-order valence-electron chi connectivity index (χ2n) is 7.29. The molecule has 0 heterocycles. The Labute approximate surface area is 157 Å². The maximum absolute atomic E-state index is 12.4. The number of carbonyl (C=O) groups is 3. The predicted molar refractivity (Wildman–Crippen MR) is 102 cm³/mol. The summed E-state index contributed by atoms with van der Waals surface area (Å²) in [7, 11) is 0. The first-order chi connectivity index (χ1) is 12.8. The van der Waals surface area contributed by atoms with Crippen molar-refractivity contribution in [1.82, 2.24) is 5.32 Å². The van der Waals surface area contributed by atoms with Crippen molar-refractivity contribution < 1.29 is 19.5 Å². The minimum Gasteiger partial charge on any atom is -0.481 e. The SMILES string of the molecule is CC(C)(C(=O)O)c1ccc(NC(=O)c2ccc(C(=O)NC3CC3)cc2)cc1. The number of amides is 2. The highest BCUT2D eigenvalue weighted by Crippen LogP contribution is 2.25. The molecule has 3 N–H and O–H groups in total. The van der Waals surface area contributed by atoms with Crippen LogP contribution in [0.2, 0.25) is 0 Å². The molecule has 1 saturated carbocycles. The van der Waals surface area contributed by atoms with Crippen molar-refractivity contribution in [2.24, 2.45) is 0 Å². The number of anilines is 1. The van der Waals surface area contributed by atoms with Gasteiger partial charge >= 0.3 is 5.97 Å². The van der Waals surface area contributed by atoms with E-state index in [9.17, 15) is 19.5 Å². The number of hydrogen-bond donors (Lipinski definition) is 3. The van der Waals surface area contributed by atoms with Crippen molar-refractivity contribution >= 4 is 23.5 Å². The third-order valence-electron chi connectivity index (χ3n) is 4.72. The lowest BCUT2D eigenvalue weighted by atomic mass is 9.85. The van der Waals surface area contributed by atoms with Crippen LogP contribution in [-0.4, -0.2) is 28.9 Å². The third kappa shape index (κ3) is 4.34. The predicted octanol–water partition coefficient (Wildman–Crippen LogP) is 3.19.